The van der Waals surface area contributed by atoms with Crippen LogP contribution >= 0.6 is 0 Å². The molecule has 1 aromatic carbocycles. The van der Waals surface area contributed by atoms with Gasteiger partial charge in [-0.1, -0.05) is 13.8 Å². The Hall–Kier alpha value is -1.43. The molecule has 0 unspecified atom stereocenters. The number of ether oxygens (including phenoxy) is 1. The largest absolute Gasteiger partial charge is 0.573 e. The molecule has 3 nitrogen and oxygen atoms in total. The average Bonchev–Trinajstić information content (AvgIpc) is 2.94. The van der Waals surface area contributed by atoms with Gasteiger partial charge in [-0.05, 0) is 67.7 Å². The molecule has 1 saturated carbocycles. The summed E-state index contributed by atoms with van der Waals surface area (Å²) in [5, 5.41) is 10.7. The van der Waals surface area contributed by atoms with Crippen LogP contribution in [0.5, 0.6) is 5.75 Å². The third-order valence-electron chi connectivity index (χ3n) is 6.12. The Labute approximate surface area is 146 Å². The van der Waals surface area contributed by atoms with Gasteiger partial charge in [0.05, 0.1) is 5.60 Å². The van der Waals surface area contributed by atoms with E-state index in [9.17, 15) is 18.3 Å². The monoisotopic (exact) mass is 357 g/mol. The van der Waals surface area contributed by atoms with Gasteiger partial charge in [-0.2, -0.15) is 0 Å². The number of nitrogens with zero attached hydrogens (tertiary/aromatic N) is 1. The molecule has 0 aromatic heterocycles. The molecular formula is C19H26F3NO2. The van der Waals surface area contributed by atoms with Gasteiger partial charge in [0.1, 0.15) is 5.75 Å². The van der Waals surface area contributed by atoms with Crippen molar-refractivity contribution >= 4 is 5.69 Å². The second kappa shape index (κ2) is 6.38. The van der Waals surface area contributed by atoms with Crippen molar-refractivity contribution in [2.24, 2.45) is 11.3 Å². The van der Waals surface area contributed by atoms with E-state index in [4.69, 9.17) is 0 Å². The topological polar surface area (TPSA) is 32.7 Å². The summed E-state index contributed by atoms with van der Waals surface area (Å²) in [4.78, 5) is 2.23. The van der Waals surface area contributed by atoms with E-state index in [0.29, 0.717) is 0 Å². The number of anilines is 1. The highest BCUT2D eigenvalue weighted by atomic mass is 19.4. The molecule has 1 saturated heterocycles. The first kappa shape index (κ1) is 18.4. The number of aliphatic hydroxyl groups is 1. The maximum Gasteiger partial charge on any atom is 0.573 e. The van der Waals surface area contributed by atoms with Gasteiger partial charge in [-0.15, -0.1) is 13.2 Å². The minimum absolute atomic E-state index is 0.190. The number of hydrogen-bond donors (Lipinski definition) is 1. The average molecular weight is 357 g/mol. The first-order valence-corrected chi connectivity index (χ1v) is 8.94. The third-order valence-corrected chi connectivity index (χ3v) is 6.12. The van der Waals surface area contributed by atoms with Crippen molar-refractivity contribution in [3.8, 4) is 5.75 Å². The Morgan fingerprint density at radius 3 is 2.16 bits per heavy atom. The maximum absolute atomic E-state index is 12.2. The third kappa shape index (κ3) is 4.05. The Bertz CT molecular complexity index is 590. The summed E-state index contributed by atoms with van der Waals surface area (Å²) in [5.41, 5.74) is 0.605. The van der Waals surface area contributed by atoms with Crippen molar-refractivity contribution in [2.45, 2.75) is 57.9 Å². The molecule has 0 amide bonds. The van der Waals surface area contributed by atoms with Crippen LogP contribution in [0.1, 0.15) is 46.0 Å². The molecule has 3 rings (SSSR count). The molecule has 0 bridgehead atoms. The predicted octanol–water partition coefficient (Wildman–Crippen LogP) is 4.74. The van der Waals surface area contributed by atoms with Gasteiger partial charge in [-0.25, -0.2) is 0 Å². The molecule has 140 valence electrons. The lowest BCUT2D eigenvalue weighted by molar-refractivity contribution is -0.274. The van der Waals surface area contributed by atoms with Gasteiger partial charge in [0, 0.05) is 18.8 Å². The number of halogens is 3. The van der Waals surface area contributed by atoms with Crippen LogP contribution in [0.3, 0.4) is 0 Å². The van der Waals surface area contributed by atoms with Gasteiger partial charge < -0.3 is 14.7 Å². The van der Waals surface area contributed by atoms with E-state index in [2.05, 4.69) is 23.5 Å². The number of rotatable bonds is 3. The van der Waals surface area contributed by atoms with E-state index in [-0.39, 0.29) is 17.1 Å². The van der Waals surface area contributed by atoms with Crippen molar-refractivity contribution in [1.29, 1.82) is 0 Å². The molecule has 1 spiro atoms. The molecule has 6 heteroatoms. The summed E-state index contributed by atoms with van der Waals surface area (Å²) in [5.74, 6) is 0.0772. The quantitative estimate of drug-likeness (QED) is 0.848. The smallest absolute Gasteiger partial charge is 0.406 e. The molecule has 1 aliphatic heterocycles. The van der Waals surface area contributed by atoms with E-state index in [1.807, 2.05) is 0 Å². The molecule has 1 heterocycles. The van der Waals surface area contributed by atoms with E-state index in [0.717, 1.165) is 50.9 Å². The first-order valence-electron chi connectivity index (χ1n) is 8.94. The Morgan fingerprint density at radius 2 is 1.64 bits per heavy atom. The van der Waals surface area contributed by atoms with Crippen LogP contribution < -0.4 is 9.64 Å². The molecule has 2 aliphatic rings. The van der Waals surface area contributed by atoms with Crippen LogP contribution in [0.4, 0.5) is 18.9 Å². The van der Waals surface area contributed by atoms with Crippen LogP contribution in [-0.4, -0.2) is 30.2 Å². The van der Waals surface area contributed by atoms with Gasteiger partial charge in [0.15, 0.2) is 0 Å². The van der Waals surface area contributed by atoms with E-state index >= 15 is 0 Å². The van der Waals surface area contributed by atoms with E-state index in [1.165, 1.54) is 12.1 Å². The fourth-order valence-corrected chi connectivity index (χ4v) is 4.21. The van der Waals surface area contributed by atoms with Gasteiger partial charge in [0.25, 0.3) is 0 Å². The minimum atomic E-state index is -4.66. The Balaban J connectivity index is 1.62. The second-order valence-corrected chi connectivity index (χ2v) is 7.97. The summed E-state index contributed by atoms with van der Waals surface area (Å²) >= 11 is 0. The van der Waals surface area contributed by atoms with Gasteiger partial charge in [0.2, 0.25) is 0 Å². The van der Waals surface area contributed by atoms with Crippen LogP contribution in [0, 0.1) is 11.3 Å². The summed E-state index contributed by atoms with van der Waals surface area (Å²) < 4.78 is 40.7. The molecular weight excluding hydrogens is 331 g/mol. The van der Waals surface area contributed by atoms with Crippen molar-refractivity contribution < 1.29 is 23.0 Å². The van der Waals surface area contributed by atoms with Gasteiger partial charge in [-0.3, -0.25) is 0 Å². The number of hydrogen-bond acceptors (Lipinski definition) is 3. The molecule has 0 radical (unpaired) electrons. The summed E-state index contributed by atoms with van der Waals surface area (Å²) in [6, 6.07) is 6.11. The van der Waals surface area contributed by atoms with E-state index in [1.54, 1.807) is 12.1 Å². The van der Waals surface area contributed by atoms with Crippen LogP contribution in [0.25, 0.3) is 0 Å². The zero-order valence-corrected chi connectivity index (χ0v) is 14.8. The molecule has 1 N–H and O–H groups in total. The van der Waals surface area contributed by atoms with Crippen molar-refractivity contribution in [3.63, 3.8) is 0 Å². The zero-order chi connectivity index (χ0) is 18.3. The second-order valence-electron chi connectivity index (χ2n) is 7.97. The lowest BCUT2D eigenvalue weighted by atomic mass is 9.65. The number of benzene rings is 1. The SMILES string of the molecule is CC(C)[C@]1(O)CC[C@]2(CCN(c3ccc(OC(F)(F)F)cc3)C2)CC1. The molecule has 2 fully saturated rings. The lowest BCUT2D eigenvalue weighted by Crippen LogP contribution is -2.43. The van der Waals surface area contributed by atoms with Crippen molar-refractivity contribution in [2.75, 3.05) is 18.0 Å². The van der Waals surface area contributed by atoms with Crippen LogP contribution in [0.15, 0.2) is 24.3 Å². The standard InChI is InChI=1S/C19H26F3NO2/c1-14(2)18(24)9-7-17(8-10-18)11-12-23(13-17)15-3-5-16(6-4-15)25-19(20,21)22/h3-6,14,24H,7-13H2,1-2H3/t17-,18+. The highest BCUT2D eigenvalue weighted by Crippen LogP contribution is 2.49. The Kier molecular flexibility index (Phi) is 4.69. The lowest BCUT2D eigenvalue weighted by Gasteiger charge is -2.44. The fraction of sp³-hybridized carbons (Fsp3) is 0.684. The first-order chi connectivity index (χ1) is 11.6. The van der Waals surface area contributed by atoms with Crippen LogP contribution in [0.2, 0.25) is 0 Å². The normalized spacial score (nSPS) is 30.3. The molecule has 0 atom stereocenters. The summed E-state index contributed by atoms with van der Waals surface area (Å²) in [6.45, 7) is 5.95. The van der Waals surface area contributed by atoms with Gasteiger partial charge >= 0.3 is 6.36 Å². The van der Waals surface area contributed by atoms with Crippen molar-refractivity contribution in [1.82, 2.24) is 0 Å². The maximum atomic E-state index is 12.2. The molecule has 1 aliphatic carbocycles. The predicted molar refractivity (Wildman–Crippen MR) is 90.6 cm³/mol. The highest BCUT2D eigenvalue weighted by molar-refractivity contribution is 5.50. The fourth-order valence-electron chi connectivity index (χ4n) is 4.21. The minimum Gasteiger partial charge on any atom is -0.406 e. The number of alkyl halides is 3. The van der Waals surface area contributed by atoms with E-state index < -0.39 is 12.0 Å². The van der Waals surface area contributed by atoms with Crippen molar-refractivity contribution in [3.05, 3.63) is 24.3 Å². The molecule has 25 heavy (non-hydrogen) atoms. The highest BCUT2D eigenvalue weighted by Gasteiger charge is 2.46. The zero-order valence-electron chi connectivity index (χ0n) is 14.8. The summed E-state index contributed by atoms with van der Waals surface area (Å²) in [7, 11) is 0. The molecule has 1 aromatic rings. The van der Waals surface area contributed by atoms with Crippen LogP contribution in [-0.2, 0) is 0 Å². The Morgan fingerprint density at radius 1 is 1.04 bits per heavy atom. The summed E-state index contributed by atoms with van der Waals surface area (Å²) in [6.07, 6.45) is 0.0884.